The summed E-state index contributed by atoms with van der Waals surface area (Å²) in [6, 6.07) is 1.78. The number of aliphatic imine (C=N–C) groups is 1. The smallest absolute Gasteiger partial charge is 0.212 e. The fourth-order valence-corrected chi connectivity index (χ4v) is 2.69. The van der Waals surface area contributed by atoms with Crippen LogP contribution in [-0.2, 0) is 9.53 Å². The van der Waals surface area contributed by atoms with E-state index in [9.17, 15) is 4.79 Å². The maximum Gasteiger partial charge on any atom is 0.212 e. The Morgan fingerprint density at radius 1 is 1.32 bits per heavy atom. The van der Waals surface area contributed by atoms with Gasteiger partial charge >= 0.3 is 0 Å². The molecule has 0 unspecified atom stereocenters. The van der Waals surface area contributed by atoms with E-state index in [0.717, 1.165) is 38.2 Å². The lowest BCUT2D eigenvalue weighted by atomic mass is 10.0. The van der Waals surface area contributed by atoms with Crippen molar-refractivity contribution in [2.24, 2.45) is 28.1 Å². The Balaban J connectivity index is 2.16. The van der Waals surface area contributed by atoms with E-state index in [1.165, 1.54) is 18.4 Å². The van der Waals surface area contributed by atoms with Crippen molar-refractivity contribution in [1.29, 1.82) is 0 Å². The van der Waals surface area contributed by atoms with Gasteiger partial charge in [-0.1, -0.05) is 0 Å². The van der Waals surface area contributed by atoms with E-state index in [1.807, 2.05) is 0 Å². The number of pyridine rings is 1. The molecule has 9 N–H and O–H groups in total. The number of nitrogen functional groups attached to an aromatic ring is 1. The highest BCUT2D eigenvalue weighted by Gasteiger charge is 2.13. The molecule has 0 spiro atoms. The van der Waals surface area contributed by atoms with Gasteiger partial charge < -0.3 is 33.0 Å². The molecule has 9 nitrogen and oxygen atoms in total. The maximum atomic E-state index is 10.4. The molecule has 1 fully saturated rings. The van der Waals surface area contributed by atoms with E-state index in [2.05, 4.69) is 15.3 Å². The van der Waals surface area contributed by atoms with Crippen LogP contribution in [0.4, 0.5) is 5.82 Å². The highest BCUT2D eigenvalue weighted by Crippen LogP contribution is 2.21. The molecule has 1 saturated heterocycles. The molecule has 0 aromatic carbocycles. The van der Waals surface area contributed by atoms with Crippen LogP contribution < -0.4 is 28.3 Å². The Hall–Kier alpha value is -3.33. The van der Waals surface area contributed by atoms with Crippen molar-refractivity contribution in [3.8, 4) is 0 Å². The maximum absolute atomic E-state index is 10.4. The molecule has 9 heteroatoms. The summed E-state index contributed by atoms with van der Waals surface area (Å²) in [5, 5.41) is 2.32. The van der Waals surface area contributed by atoms with Crippen LogP contribution in [0, 0.1) is 5.92 Å². The molecule has 150 valence electrons. The predicted octanol–water partition coefficient (Wildman–Crippen LogP) is 0.307. The van der Waals surface area contributed by atoms with Crippen LogP contribution in [0.1, 0.15) is 24.0 Å². The van der Waals surface area contributed by atoms with E-state index in [1.54, 1.807) is 18.5 Å². The van der Waals surface area contributed by atoms with Crippen LogP contribution in [0.5, 0.6) is 0 Å². The Morgan fingerprint density at radius 2 is 2.07 bits per heavy atom. The second-order valence-electron chi connectivity index (χ2n) is 6.34. The Bertz CT molecular complexity index is 793. The van der Waals surface area contributed by atoms with Crippen molar-refractivity contribution in [3.63, 3.8) is 0 Å². The van der Waals surface area contributed by atoms with E-state index in [0.29, 0.717) is 29.2 Å². The highest BCUT2D eigenvalue weighted by atomic mass is 16.5. The molecular weight excluding hydrogens is 358 g/mol. The number of carbonyl (C=O) groups excluding carboxylic acids is 1. The molecule has 0 aliphatic carbocycles. The summed E-state index contributed by atoms with van der Waals surface area (Å²) in [6.07, 6.45) is 10.3. The molecule has 1 amide bonds. The van der Waals surface area contributed by atoms with Crippen LogP contribution in [0.15, 0.2) is 41.4 Å². The number of carbonyl (C=O) groups is 1. The third-order valence-electron chi connectivity index (χ3n) is 4.35. The fourth-order valence-electron chi connectivity index (χ4n) is 2.69. The Morgan fingerprint density at radius 3 is 2.75 bits per heavy atom. The van der Waals surface area contributed by atoms with Gasteiger partial charge in [0.05, 0.1) is 0 Å². The number of hydrogen-bond donors (Lipinski definition) is 5. The number of nitrogens with one attached hydrogen (secondary N) is 1. The van der Waals surface area contributed by atoms with E-state index in [-0.39, 0.29) is 11.6 Å². The second kappa shape index (κ2) is 10.7. The molecule has 1 aromatic rings. The lowest BCUT2D eigenvalue weighted by Crippen LogP contribution is -2.17. The van der Waals surface area contributed by atoms with Gasteiger partial charge in [-0.25, -0.2) is 4.98 Å². The van der Waals surface area contributed by atoms with Gasteiger partial charge in [-0.05, 0) is 37.0 Å². The van der Waals surface area contributed by atoms with Crippen LogP contribution in [0.25, 0.3) is 11.3 Å². The molecule has 1 aliphatic rings. The van der Waals surface area contributed by atoms with E-state index >= 15 is 0 Å². The van der Waals surface area contributed by atoms with Crippen molar-refractivity contribution in [3.05, 3.63) is 47.6 Å². The largest absolute Gasteiger partial charge is 0.404 e. The molecule has 2 heterocycles. The molecular formula is C19H27N7O2. The number of hydrogen-bond acceptors (Lipinski definition) is 8. The van der Waals surface area contributed by atoms with Gasteiger partial charge in [0.25, 0.3) is 0 Å². The summed E-state index contributed by atoms with van der Waals surface area (Å²) >= 11 is 0. The molecule has 0 atom stereocenters. The van der Waals surface area contributed by atoms with Crippen molar-refractivity contribution < 1.29 is 9.53 Å². The number of aromatic nitrogens is 1. The third-order valence-corrected chi connectivity index (χ3v) is 4.35. The third kappa shape index (κ3) is 6.13. The second-order valence-corrected chi connectivity index (χ2v) is 6.34. The Kier molecular flexibility index (Phi) is 8.04. The van der Waals surface area contributed by atoms with Gasteiger partial charge in [0.2, 0.25) is 6.41 Å². The fraction of sp³-hybridized carbons (Fsp3) is 0.316. The zero-order valence-electron chi connectivity index (χ0n) is 15.7. The normalized spacial score (nSPS) is 17.1. The number of nitrogens with zero attached hydrogens (tertiary/aromatic N) is 2. The molecule has 28 heavy (non-hydrogen) atoms. The zero-order chi connectivity index (χ0) is 20.4. The highest BCUT2D eigenvalue weighted by molar-refractivity contribution is 6.09. The number of rotatable bonds is 8. The van der Waals surface area contributed by atoms with E-state index in [4.69, 9.17) is 27.7 Å². The summed E-state index contributed by atoms with van der Waals surface area (Å²) in [6.45, 7) is 2.31. The summed E-state index contributed by atoms with van der Waals surface area (Å²) in [7, 11) is 0. The lowest BCUT2D eigenvalue weighted by Gasteiger charge is -2.19. The Labute approximate surface area is 164 Å². The summed E-state index contributed by atoms with van der Waals surface area (Å²) in [5.74, 6) is 0.951. The average molecular weight is 385 g/mol. The molecule has 1 aliphatic heterocycles. The van der Waals surface area contributed by atoms with Gasteiger partial charge in [0, 0.05) is 60.8 Å². The zero-order valence-corrected chi connectivity index (χ0v) is 15.7. The van der Waals surface area contributed by atoms with Crippen LogP contribution in [-0.4, -0.2) is 37.4 Å². The molecule has 2 rings (SSSR count). The first-order valence-electron chi connectivity index (χ1n) is 8.94. The van der Waals surface area contributed by atoms with Crippen LogP contribution in [0.3, 0.4) is 0 Å². The quantitative estimate of drug-likeness (QED) is 0.244. The van der Waals surface area contributed by atoms with E-state index < -0.39 is 0 Å². The molecule has 0 bridgehead atoms. The topological polar surface area (TPSA) is 168 Å². The number of nitrogens with two attached hydrogens (primary N) is 4. The first kappa shape index (κ1) is 21.0. The van der Waals surface area contributed by atoms with Crippen molar-refractivity contribution in [2.45, 2.75) is 12.8 Å². The van der Waals surface area contributed by atoms with Crippen molar-refractivity contribution >= 4 is 29.7 Å². The number of ether oxygens (including phenoxy) is 1. The molecule has 0 saturated carbocycles. The first-order chi connectivity index (χ1) is 13.5. The lowest BCUT2D eigenvalue weighted by molar-refractivity contribution is -0.108. The SMILES string of the molecule is NC=C(C=NCC1CCOCC1)c1cnc(N)c(/C(N)=C/C=C(\N)NC=O)c1. The monoisotopic (exact) mass is 385 g/mol. The van der Waals surface area contributed by atoms with Gasteiger partial charge in [0.15, 0.2) is 0 Å². The van der Waals surface area contributed by atoms with Gasteiger partial charge in [-0.15, -0.1) is 0 Å². The van der Waals surface area contributed by atoms with Gasteiger partial charge in [-0.3, -0.25) is 9.79 Å². The van der Waals surface area contributed by atoms with Crippen LogP contribution >= 0.6 is 0 Å². The summed E-state index contributed by atoms with van der Waals surface area (Å²) in [5.41, 5.74) is 25.7. The first-order valence-corrected chi connectivity index (χ1v) is 8.94. The molecule has 1 aromatic heterocycles. The van der Waals surface area contributed by atoms with Crippen molar-refractivity contribution in [1.82, 2.24) is 10.3 Å². The number of anilines is 1. The average Bonchev–Trinajstić information content (AvgIpc) is 2.71. The van der Waals surface area contributed by atoms with Gasteiger partial charge in [0.1, 0.15) is 11.6 Å². The summed E-state index contributed by atoms with van der Waals surface area (Å²) < 4.78 is 5.36. The van der Waals surface area contributed by atoms with Gasteiger partial charge in [-0.2, -0.15) is 0 Å². The standard InChI is InChI=1S/C19H27N7O2/c20-8-15(10-24-9-13-3-5-28-6-4-13)14-7-16(19(23)25-11-14)17(21)1-2-18(22)26-12-27/h1-2,7-8,10-13H,3-6,9,20-22H2,(H2,23,25)(H,26,27)/b15-8?,17-1-,18-2+,24-10?. The minimum absolute atomic E-state index is 0.156. The van der Waals surface area contributed by atoms with Crippen molar-refractivity contribution in [2.75, 3.05) is 25.5 Å². The predicted molar refractivity (Wildman–Crippen MR) is 111 cm³/mol. The minimum Gasteiger partial charge on any atom is -0.404 e. The van der Waals surface area contributed by atoms with Crippen LogP contribution in [0.2, 0.25) is 0 Å². The summed E-state index contributed by atoms with van der Waals surface area (Å²) in [4.78, 5) is 19.1. The minimum atomic E-state index is 0.156. The molecule has 0 radical (unpaired) electrons. The number of amides is 1. The number of allylic oxidation sites excluding steroid dienone is 3.